The van der Waals surface area contributed by atoms with Gasteiger partial charge < -0.3 is 5.11 Å². The van der Waals surface area contributed by atoms with E-state index in [0.717, 1.165) is 41.4 Å². The number of carboxylic acids is 1. The second-order valence-corrected chi connectivity index (χ2v) is 7.31. The Morgan fingerprint density at radius 2 is 1.93 bits per heavy atom. The van der Waals surface area contributed by atoms with Gasteiger partial charge in [-0.3, -0.25) is 14.7 Å². The molecular formula is C23H24N2O2. The van der Waals surface area contributed by atoms with Crippen LogP contribution in [0.4, 0.5) is 0 Å². The zero-order chi connectivity index (χ0) is 18.8. The molecule has 2 unspecified atom stereocenters. The number of pyridine rings is 1. The van der Waals surface area contributed by atoms with Gasteiger partial charge >= 0.3 is 5.97 Å². The summed E-state index contributed by atoms with van der Waals surface area (Å²) in [6.45, 7) is 2.87. The number of hydrogen-bond donors (Lipinski definition) is 1. The lowest BCUT2D eigenvalue weighted by Gasteiger charge is -2.40. The van der Waals surface area contributed by atoms with Crippen molar-refractivity contribution in [3.8, 4) is 0 Å². The van der Waals surface area contributed by atoms with Crippen LogP contribution in [-0.2, 0) is 4.79 Å². The van der Waals surface area contributed by atoms with Crippen LogP contribution < -0.4 is 0 Å². The minimum atomic E-state index is -0.734. The van der Waals surface area contributed by atoms with Gasteiger partial charge in [0.15, 0.2) is 0 Å². The summed E-state index contributed by atoms with van der Waals surface area (Å²) in [4.78, 5) is 18.8. The molecule has 4 nitrogen and oxygen atoms in total. The van der Waals surface area contributed by atoms with Crippen LogP contribution in [0.3, 0.4) is 0 Å². The summed E-state index contributed by atoms with van der Waals surface area (Å²) in [6.07, 6.45) is 4.59. The third kappa shape index (κ3) is 3.45. The van der Waals surface area contributed by atoms with Crippen molar-refractivity contribution in [1.29, 1.82) is 0 Å². The number of benzene rings is 2. The van der Waals surface area contributed by atoms with Crippen LogP contribution in [0, 0.1) is 6.92 Å². The smallest absolute Gasteiger partial charge is 0.320 e. The lowest BCUT2D eigenvalue weighted by Crippen LogP contribution is -2.47. The number of para-hydroxylation sites is 1. The molecule has 27 heavy (non-hydrogen) atoms. The molecule has 1 aliphatic rings. The van der Waals surface area contributed by atoms with E-state index >= 15 is 0 Å². The van der Waals surface area contributed by atoms with Crippen molar-refractivity contribution >= 4 is 16.9 Å². The topological polar surface area (TPSA) is 53.4 Å². The Bertz CT molecular complexity index is 969. The molecule has 1 aromatic heterocycles. The van der Waals surface area contributed by atoms with Gasteiger partial charge in [0, 0.05) is 11.6 Å². The molecule has 2 heterocycles. The maximum absolute atomic E-state index is 12.0. The van der Waals surface area contributed by atoms with Crippen LogP contribution in [0.15, 0.2) is 60.8 Å². The first-order chi connectivity index (χ1) is 13.1. The van der Waals surface area contributed by atoms with Gasteiger partial charge in [-0.1, -0.05) is 48.9 Å². The number of carbonyl (C=O) groups is 1. The summed E-state index contributed by atoms with van der Waals surface area (Å²) in [5.41, 5.74) is 4.34. The quantitative estimate of drug-likeness (QED) is 0.740. The highest BCUT2D eigenvalue weighted by Crippen LogP contribution is 2.36. The molecule has 1 fully saturated rings. The highest BCUT2D eigenvalue weighted by atomic mass is 16.4. The van der Waals surface area contributed by atoms with Gasteiger partial charge in [-0.25, -0.2) is 0 Å². The largest absolute Gasteiger partial charge is 0.480 e. The molecule has 1 aliphatic heterocycles. The molecule has 0 saturated carbocycles. The zero-order valence-electron chi connectivity index (χ0n) is 15.5. The fourth-order valence-corrected chi connectivity index (χ4v) is 4.21. The monoisotopic (exact) mass is 360 g/mol. The summed E-state index contributed by atoms with van der Waals surface area (Å²) in [7, 11) is 0. The van der Waals surface area contributed by atoms with E-state index in [9.17, 15) is 9.90 Å². The molecule has 3 aromatic rings. The maximum Gasteiger partial charge on any atom is 0.320 e. The highest BCUT2D eigenvalue weighted by Gasteiger charge is 2.35. The summed E-state index contributed by atoms with van der Waals surface area (Å²) >= 11 is 0. The van der Waals surface area contributed by atoms with E-state index in [4.69, 9.17) is 0 Å². The van der Waals surface area contributed by atoms with Crippen molar-refractivity contribution in [2.24, 2.45) is 0 Å². The number of aryl methyl sites for hydroxylation is 1. The zero-order valence-corrected chi connectivity index (χ0v) is 15.5. The van der Waals surface area contributed by atoms with Crippen molar-refractivity contribution in [2.45, 2.75) is 38.3 Å². The summed E-state index contributed by atoms with van der Waals surface area (Å²) in [5, 5.41) is 10.9. The Hall–Kier alpha value is -2.72. The van der Waals surface area contributed by atoms with Crippen molar-refractivity contribution in [3.63, 3.8) is 0 Å². The predicted octanol–water partition coefficient (Wildman–Crippen LogP) is 4.57. The first-order valence-corrected chi connectivity index (χ1v) is 9.54. The molecular weight excluding hydrogens is 336 g/mol. The highest BCUT2D eigenvalue weighted by molar-refractivity contribution is 5.79. The SMILES string of the molecule is Cc1ccccc1C(c1cnc2ccccc2c1)N1CCCCC1C(=O)O. The molecule has 1 N–H and O–H groups in total. The van der Waals surface area contributed by atoms with E-state index in [1.54, 1.807) is 0 Å². The van der Waals surface area contributed by atoms with Gasteiger partial charge in [-0.2, -0.15) is 0 Å². The van der Waals surface area contributed by atoms with Crippen LogP contribution in [0.2, 0.25) is 0 Å². The van der Waals surface area contributed by atoms with Crippen LogP contribution in [0.25, 0.3) is 10.9 Å². The molecule has 0 radical (unpaired) electrons. The molecule has 2 atom stereocenters. The van der Waals surface area contributed by atoms with Crippen LogP contribution >= 0.6 is 0 Å². The standard InChI is InChI=1S/C23H24N2O2/c1-16-8-2-4-10-19(16)22(25-13-7-6-12-21(25)23(26)27)18-14-17-9-3-5-11-20(17)24-15-18/h2-5,8-11,14-15,21-22H,6-7,12-13H2,1H3,(H,26,27). The first-order valence-electron chi connectivity index (χ1n) is 9.54. The van der Waals surface area contributed by atoms with Gasteiger partial charge in [-0.15, -0.1) is 0 Å². The Kier molecular flexibility index (Phi) is 4.90. The fraction of sp³-hybridized carbons (Fsp3) is 0.304. The van der Waals surface area contributed by atoms with E-state index in [-0.39, 0.29) is 6.04 Å². The third-order valence-corrected chi connectivity index (χ3v) is 5.57. The Balaban J connectivity index is 1.87. The minimum Gasteiger partial charge on any atom is -0.480 e. The molecule has 1 saturated heterocycles. The number of piperidine rings is 1. The number of carboxylic acid groups (broad SMARTS) is 1. The number of aromatic nitrogens is 1. The molecule has 0 amide bonds. The van der Waals surface area contributed by atoms with E-state index < -0.39 is 12.0 Å². The lowest BCUT2D eigenvalue weighted by atomic mass is 9.90. The Morgan fingerprint density at radius 1 is 1.15 bits per heavy atom. The average molecular weight is 360 g/mol. The normalized spacial score (nSPS) is 19.1. The molecule has 0 bridgehead atoms. The van der Waals surface area contributed by atoms with Crippen LogP contribution in [0.5, 0.6) is 0 Å². The summed E-state index contributed by atoms with van der Waals surface area (Å²) in [5.74, 6) is -0.734. The van der Waals surface area contributed by atoms with Crippen molar-refractivity contribution in [2.75, 3.05) is 6.54 Å². The molecule has 4 heteroatoms. The third-order valence-electron chi connectivity index (χ3n) is 5.57. The summed E-state index contributed by atoms with van der Waals surface area (Å²) < 4.78 is 0. The van der Waals surface area contributed by atoms with E-state index in [0.29, 0.717) is 6.42 Å². The molecule has 2 aromatic carbocycles. The molecule has 4 rings (SSSR count). The Labute approximate surface area is 159 Å². The second kappa shape index (κ2) is 7.49. The second-order valence-electron chi connectivity index (χ2n) is 7.31. The van der Waals surface area contributed by atoms with Gasteiger partial charge in [0.1, 0.15) is 6.04 Å². The summed E-state index contributed by atoms with van der Waals surface area (Å²) in [6, 6.07) is 17.9. The van der Waals surface area contributed by atoms with Crippen molar-refractivity contribution < 1.29 is 9.90 Å². The average Bonchev–Trinajstić information content (AvgIpc) is 2.70. The fourth-order valence-electron chi connectivity index (χ4n) is 4.21. The predicted molar refractivity (Wildman–Crippen MR) is 107 cm³/mol. The molecule has 0 aliphatic carbocycles. The number of likely N-dealkylation sites (tertiary alicyclic amines) is 1. The van der Waals surface area contributed by atoms with Gasteiger partial charge in [0.25, 0.3) is 0 Å². The number of aliphatic carboxylic acids is 1. The van der Waals surface area contributed by atoms with E-state index in [1.807, 2.05) is 36.5 Å². The van der Waals surface area contributed by atoms with E-state index in [2.05, 4.69) is 41.1 Å². The van der Waals surface area contributed by atoms with Gasteiger partial charge in [0.05, 0.1) is 11.6 Å². The lowest BCUT2D eigenvalue weighted by molar-refractivity contribution is -0.145. The van der Waals surface area contributed by atoms with Crippen LogP contribution in [0.1, 0.15) is 42.0 Å². The number of hydrogen-bond acceptors (Lipinski definition) is 3. The van der Waals surface area contributed by atoms with Crippen LogP contribution in [-0.4, -0.2) is 33.5 Å². The molecule has 0 spiro atoms. The maximum atomic E-state index is 12.0. The molecule has 138 valence electrons. The van der Waals surface area contributed by atoms with E-state index in [1.165, 1.54) is 5.56 Å². The number of rotatable bonds is 4. The Morgan fingerprint density at radius 3 is 2.74 bits per heavy atom. The van der Waals surface area contributed by atoms with Gasteiger partial charge in [0.2, 0.25) is 0 Å². The van der Waals surface area contributed by atoms with Crippen molar-refractivity contribution in [3.05, 3.63) is 77.5 Å². The number of nitrogens with zero attached hydrogens (tertiary/aromatic N) is 2. The number of fused-ring (bicyclic) bond motifs is 1. The van der Waals surface area contributed by atoms with Crippen molar-refractivity contribution in [1.82, 2.24) is 9.88 Å². The van der Waals surface area contributed by atoms with Gasteiger partial charge in [-0.05, 0) is 55.1 Å². The first kappa shape index (κ1) is 17.7. The minimum absolute atomic E-state index is 0.107.